The van der Waals surface area contributed by atoms with Crippen LogP contribution in [0.3, 0.4) is 0 Å². The first-order chi connectivity index (χ1) is 8.33. The number of pyridine rings is 2. The molecule has 4 heteroatoms. The summed E-state index contributed by atoms with van der Waals surface area (Å²) in [5, 5.41) is 10.3. The highest BCUT2D eigenvalue weighted by molar-refractivity contribution is 5.23. The fraction of sp³-hybridized carbons (Fsp3) is 0.231. The highest BCUT2D eigenvalue weighted by atomic mass is 16.3. The van der Waals surface area contributed by atoms with Crippen LogP contribution in [-0.2, 0) is 0 Å². The topological polar surface area (TPSA) is 72.0 Å². The van der Waals surface area contributed by atoms with E-state index in [1.54, 1.807) is 30.9 Å². The van der Waals surface area contributed by atoms with Crippen molar-refractivity contribution >= 4 is 0 Å². The van der Waals surface area contributed by atoms with Gasteiger partial charge in [-0.1, -0.05) is 6.07 Å². The van der Waals surface area contributed by atoms with E-state index in [0.717, 1.165) is 11.1 Å². The quantitative estimate of drug-likeness (QED) is 0.827. The second kappa shape index (κ2) is 5.52. The predicted octanol–water partition coefficient (Wildman–Crippen LogP) is 1.25. The molecule has 0 aromatic carbocycles. The molecule has 88 valence electrons. The second-order valence-corrected chi connectivity index (χ2v) is 3.85. The summed E-state index contributed by atoms with van der Waals surface area (Å²) in [7, 11) is 0. The number of aromatic nitrogens is 2. The van der Waals surface area contributed by atoms with Crippen molar-refractivity contribution in [1.82, 2.24) is 9.97 Å². The molecule has 2 unspecified atom stereocenters. The lowest BCUT2D eigenvalue weighted by molar-refractivity contribution is 0.147. The van der Waals surface area contributed by atoms with Crippen molar-refractivity contribution in [3.05, 3.63) is 60.2 Å². The molecule has 0 fully saturated rings. The fourth-order valence-corrected chi connectivity index (χ4v) is 1.84. The molecule has 2 atom stereocenters. The third-order valence-electron chi connectivity index (χ3n) is 2.80. The molecule has 0 amide bonds. The monoisotopic (exact) mass is 229 g/mol. The molecule has 0 saturated heterocycles. The summed E-state index contributed by atoms with van der Waals surface area (Å²) in [5.41, 5.74) is 7.50. The summed E-state index contributed by atoms with van der Waals surface area (Å²) >= 11 is 0. The van der Waals surface area contributed by atoms with E-state index in [4.69, 9.17) is 5.73 Å². The Balaban J connectivity index is 2.25. The number of nitrogens with two attached hydrogens (primary N) is 1. The smallest absolute Gasteiger partial charge is 0.0885 e. The molecule has 0 radical (unpaired) electrons. The van der Waals surface area contributed by atoms with Crippen molar-refractivity contribution in [2.45, 2.75) is 12.0 Å². The van der Waals surface area contributed by atoms with Gasteiger partial charge in [0.25, 0.3) is 0 Å². The summed E-state index contributed by atoms with van der Waals surface area (Å²) in [5.74, 6) is -0.137. The maximum Gasteiger partial charge on any atom is 0.0885 e. The summed E-state index contributed by atoms with van der Waals surface area (Å²) in [6.45, 7) is 0.375. The van der Waals surface area contributed by atoms with E-state index in [1.807, 2.05) is 18.2 Å². The molecule has 4 nitrogen and oxygen atoms in total. The first-order valence-corrected chi connectivity index (χ1v) is 5.51. The Morgan fingerprint density at radius 3 is 2.41 bits per heavy atom. The third kappa shape index (κ3) is 2.67. The summed E-state index contributed by atoms with van der Waals surface area (Å²) < 4.78 is 0. The Morgan fingerprint density at radius 2 is 1.82 bits per heavy atom. The van der Waals surface area contributed by atoms with Gasteiger partial charge in [0.05, 0.1) is 6.10 Å². The van der Waals surface area contributed by atoms with Crippen LogP contribution in [0.5, 0.6) is 0 Å². The van der Waals surface area contributed by atoms with Gasteiger partial charge in [0, 0.05) is 37.3 Å². The van der Waals surface area contributed by atoms with Crippen LogP contribution in [0.4, 0.5) is 0 Å². The van der Waals surface area contributed by atoms with Crippen LogP contribution in [0.2, 0.25) is 0 Å². The molecule has 0 saturated carbocycles. The number of nitrogens with zero attached hydrogens (tertiary/aromatic N) is 2. The lowest BCUT2D eigenvalue weighted by atomic mass is 9.90. The van der Waals surface area contributed by atoms with E-state index in [1.165, 1.54) is 0 Å². The molecule has 2 rings (SSSR count). The predicted molar refractivity (Wildman–Crippen MR) is 65.2 cm³/mol. The van der Waals surface area contributed by atoms with E-state index in [-0.39, 0.29) is 5.92 Å². The highest BCUT2D eigenvalue weighted by Crippen LogP contribution is 2.29. The molecule has 2 aromatic heterocycles. The van der Waals surface area contributed by atoms with Gasteiger partial charge >= 0.3 is 0 Å². The van der Waals surface area contributed by atoms with Crippen LogP contribution in [0.15, 0.2) is 49.1 Å². The summed E-state index contributed by atoms with van der Waals surface area (Å²) in [4.78, 5) is 7.96. The van der Waals surface area contributed by atoms with Crippen LogP contribution in [-0.4, -0.2) is 21.6 Å². The van der Waals surface area contributed by atoms with E-state index in [0.29, 0.717) is 6.54 Å². The highest BCUT2D eigenvalue weighted by Gasteiger charge is 2.21. The maximum atomic E-state index is 10.3. The first-order valence-electron chi connectivity index (χ1n) is 5.51. The van der Waals surface area contributed by atoms with Gasteiger partial charge in [0.1, 0.15) is 0 Å². The number of aliphatic hydroxyl groups is 1. The standard InChI is InChI=1S/C13H15N3O/c14-8-12(10-3-6-15-7-4-10)13(17)11-2-1-5-16-9-11/h1-7,9,12-13,17H,8,14H2. The average Bonchev–Trinajstić information content (AvgIpc) is 2.42. The molecule has 0 aliphatic heterocycles. The van der Waals surface area contributed by atoms with Crippen LogP contribution in [0.25, 0.3) is 0 Å². The van der Waals surface area contributed by atoms with Crippen molar-refractivity contribution in [2.24, 2.45) is 5.73 Å². The Hall–Kier alpha value is -1.78. The van der Waals surface area contributed by atoms with Gasteiger partial charge in [0.2, 0.25) is 0 Å². The average molecular weight is 229 g/mol. The molecule has 2 heterocycles. The van der Waals surface area contributed by atoms with Crippen LogP contribution < -0.4 is 5.73 Å². The van der Waals surface area contributed by atoms with Crippen molar-refractivity contribution < 1.29 is 5.11 Å². The summed E-state index contributed by atoms with van der Waals surface area (Å²) in [6.07, 6.45) is 6.10. The Bertz CT molecular complexity index is 447. The van der Waals surface area contributed by atoms with E-state index >= 15 is 0 Å². The molecule has 0 spiro atoms. The molecule has 17 heavy (non-hydrogen) atoms. The second-order valence-electron chi connectivity index (χ2n) is 3.85. The summed E-state index contributed by atoms with van der Waals surface area (Å²) in [6, 6.07) is 7.40. The fourth-order valence-electron chi connectivity index (χ4n) is 1.84. The minimum Gasteiger partial charge on any atom is -0.388 e. The minimum atomic E-state index is -0.643. The molecule has 0 bridgehead atoms. The van der Waals surface area contributed by atoms with E-state index < -0.39 is 6.10 Å². The normalized spacial score (nSPS) is 14.2. The third-order valence-corrected chi connectivity index (χ3v) is 2.80. The van der Waals surface area contributed by atoms with Gasteiger partial charge in [-0.3, -0.25) is 9.97 Å². The zero-order valence-electron chi connectivity index (χ0n) is 9.40. The lowest BCUT2D eigenvalue weighted by Crippen LogP contribution is -2.20. The lowest BCUT2D eigenvalue weighted by Gasteiger charge is -2.21. The first kappa shape index (κ1) is 11.7. The van der Waals surface area contributed by atoms with Crippen molar-refractivity contribution in [2.75, 3.05) is 6.54 Å². The number of hydrogen-bond acceptors (Lipinski definition) is 4. The van der Waals surface area contributed by atoms with Gasteiger partial charge in [0.15, 0.2) is 0 Å². The van der Waals surface area contributed by atoms with Gasteiger partial charge in [-0.25, -0.2) is 0 Å². The SMILES string of the molecule is NCC(c1ccncc1)C(O)c1cccnc1. The Morgan fingerprint density at radius 1 is 1.06 bits per heavy atom. The van der Waals surface area contributed by atoms with Gasteiger partial charge in [-0.15, -0.1) is 0 Å². The van der Waals surface area contributed by atoms with Crippen LogP contribution in [0, 0.1) is 0 Å². The van der Waals surface area contributed by atoms with Gasteiger partial charge < -0.3 is 10.8 Å². The number of rotatable bonds is 4. The maximum absolute atomic E-state index is 10.3. The van der Waals surface area contributed by atoms with Crippen molar-refractivity contribution in [1.29, 1.82) is 0 Å². The van der Waals surface area contributed by atoms with Crippen molar-refractivity contribution in [3.63, 3.8) is 0 Å². The van der Waals surface area contributed by atoms with Crippen LogP contribution in [0.1, 0.15) is 23.1 Å². The number of hydrogen-bond donors (Lipinski definition) is 2. The molecule has 3 N–H and O–H groups in total. The molecular weight excluding hydrogens is 214 g/mol. The van der Waals surface area contributed by atoms with E-state index in [9.17, 15) is 5.11 Å². The minimum absolute atomic E-state index is 0.137. The zero-order chi connectivity index (χ0) is 12.1. The van der Waals surface area contributed by atoms with Crippen molar-refractivity contribution in [3.8, 4) is 0 Å². The largest absolute Gasteiger partial charge is 0.388 e. The van der Waals surface area contributed by atoms with Gasteiger partial charge in [-0.2, -0.15) is 0 Å². The molecule has 2 aromatic rings. The number of aliphatic hydroxyl groups excluding tert-OH is 1. The van der Waals surface area contributed by atoms with Crippen LogP contribution >= 0.6 is 0 Å². The molecule has 0 aliphatic rings. The zero-order valence-corrected chi connectivity index (χ0v) is 9.40. The van der Waals surface area contributed by atoms with E-state index in [2.05, 4.69) is 9.97 Å². The Labute approximate surface area is 100 Å². The Kier molecular flexibility index (Phi) is 3.80. The van der Waals surface area contributed by atoms with Gasteiger partial charge in [-0.05, 0) is 29.3 Å². The molecular formula is C13H15N3O. The molecule has 0 aliphatic carbocycles.